The summed E-state index contributed by atoms with van der Waals surface area (Å²) in [6.45, 7) is 6.97. The highest BCUT2D eigenvalue weighted by Crippen LogP contribution is 2.20. The zero-order chi connectivity index (χ0) is 19.5. The lowest BCUT2D eigenvalue weighted by Gasteiger charge is -2.34. The zero-order valence-corrected chi connectivity index (χ0v) is 17.4. The van der Waals surface area contributed by atoms with Crippen LogP contribution in [0.15, 0.2) is 47.3 Å². The number of halogens is 1. The first-order chi connectivity index (χ1) is 13.6. The predicted molar refractivity (Wildman–Crippen MR) is 113 cm³/mol. The number of fused-ring (bicyclic) bond motifs is 1. The van der Waals surface area contributed by atoms with E-state index in [4.69, 9.17) is 0 Å². The highest BCUT2D eigenvalue weighted by Gasteiger charge is 2.21. The van der Waals surface area contributed by atoms with Crippen LogP contribution in [0.5, 0.6) is 0 Å². The number of anilines is 1. The van der Waals surface area contributed by atoms with Crippen LogP contribution in [0.3, 0.4) is 0 Å². The molecule has 2 amide bonds. The number of hydrogen-bond acceptors (Lipinski definition) is 4. The van der Waals surface area contributed by atoms with E-state index < -0.39 is 0 Å². The van der Waals surface area contributed by atoms with Crippen LogP contribution in [0, 0.1) is 6.92 Å². The molecular formula is C20H23BrN6O. The second-order valence-corrected chi connectivity index (χ2v) is 7.86. The molecule has 0 saturated carbocycles. The summed E-state index contributed by atoms with van der Waals surface area (Å²) in [5.41, 5.74) is 3.77. The zero-order valence-electron chi connectivity index (χ0n) is 15.8. The second-order valence-electron chi connectivity index (χ2n) is 7.01. The van der Waals surface area contributed by atoms with Gasteiger partial charge in [0.2, 0.25) is 0 Å². The van der Waals surface area contributed by atoms with Crippen LogP contribution < -0.4 is 5.32 Å². The highest BCUT2D eigenvalue weighted by molar-refractivity contribution is 9.10. The summed E-state index contributed by atoms with van der Waals surface area (Å²) in [6, 6.07) is 9.68. The molecule has 0 bridgehead atoms. The number of carbonyl (C=O) groups excluding carboxylic acids is 1. The summed E-state index contributed by atoms with van der Waals surface area (Å²) in [7, 11) is 0. The van der Waals surface area contributed by atoms with Gasteiger partial charge < -0.3 is 14.8 Å². The molecule has 3 aromatic rings. The lowest BCUT2D eigenvalue weighted by molar-refractivity contribution is 0.144. The van der Waals surface area contributed by atoms with Crippen LogP contribution in [0.2, 0.25) is 0 Å². The number of benzene rings is 1. The summed E-state index contributed by atoms with van der Waals surface area (Å²) in [4.78, 5) is 25.6. The van der Waals surface area contributed by atoms with Crippen molar-refractivity contribution in [1.82, 2.24) is 24.3 Å². The van der Waals surface area contributed by atoms with E-state index in [1.165, 1.54) is 0 Å². The molecule has 1 aliphatic heterocycles. The van der Waals surface area contributed by atoms with Gasteiger partial charge in [0.1, 0.15) is 5.52 Å². The van der Waals surface area contributed by atoms with Crippen molar-refractivity contribution in [2.75, 3.05) is 38.0 Å². The Morgan fingerprint density at radius 1 is 1.14 bits per heavy atom. The Morgan fingerprint density at radius 2 is 1.96 bits per heavy atom. The molecule has 146 valence electrons. The normalized spacial score (nSPS) is 15.1. The van der Waals surface area contributed by atoms with Crippen molar-refractivity contribution in [3.05, 3.63) is 52.9 Å². The number of piperazine rings is 1. The maximum atomic E-state index is 12.5. The SMILES string of the molecule is Cc1cc(NC(=O)N2CCN(CCn3cnc4cccnc43)CC2)ccc1Br. The van der Waals surface area contributed by atoms with Crippen LogP contribution in [0.4, 0.5) is 10.5 Å². The van der Waals surface area contributed by atoms with Gasteiger partial charge in [0.15, 0.2) is 5.65 Å². The molecule has 4 rings (SSSR count). The minimum absolute atomic E-state index is 0.0359. The fourth-order valence-electron chi connectivity index (χ4n) is 3.41. The number of nitrogens with zero attached hydrogens (tertiary/aromatic N) is 5. The van der Waals surface area contributed by atoms with Gasteiger partial charge in [0.05, 0.1) is 6.33 Å². The Bertz CT molecular complexity index is 980. The molecule has 1 fully saturated rings. The van der Waals surface area contributed by atoms with Gasteiger partial charge in [-0.25, -0.2) is 14.8 Å². The van der Waals surface area contributed by atoms with Crippen molar-refractivity contribution in [3.8, 4) is 0 Å². The molecule has 28 heavy (non-hydrogen) atoms. The molecule has 0 atom stereocenters. The van der Waals surface area contributed by atoms with Gasteiger partial charge in [-0.05, 0) is 42.8 Å². The first kappa shape index (κ1) is 18.9. The lowest BCUT2D eigenvalue weighted by Crippen LogP contribution is -2.50. The summed E-state index contributed by atoms with van der Waals surface area (Å²) in [5.74, 6) is 0. The number of pyridine rings is 1. The molecule has 1 saturated heterocycles. The maximum Gasteiger partial charge on any atom is 0.321 e. The van der Waals surface area contributed by atoms with E-state index in [0.29, 0.717) is 0 Å². The molecule has 0 radical (unpaired) electrons. The monoisotopic (exact) mass is 442 g/mol. The minimum atomic E-state index is -0.0359. The predicted octanol–water partition coefficient (Wildman–Crippen LogP) is 3.35. The second kappa shape index (κ2) is 8.28. The summed E-state index contributed by atoms with van der Waals surface area (Å²) < 4.78 is 3.13. The quantitative estimate of drug-likeness (QED) is 0.672. The number of nitrogens with one attached hydrogen (secondary N) is 1. The fraction of sp³-hybridized carbons (Fsp3) is 0.350. The van der Waals surface area contributed by atoms with Crippen molar-refractivity contribution >= 4 is 38.8 Å². The van der Waals surface area contributed by atoms with Crippen molar-refractivity contribution in [3.63, 3.8) is 0 Å². The largest absolute Gasteiger partial charge is 0.322 e. The Balaban J connectivity index is 1.27. The average Bonchev–Trinajstić information content (AvgIpc) is 3.13. The molecule has 1 aliphatic rings. The number of amides is 2. The summed E-state index contributed by atoms with van der Waals surface area (Å²) in [5, 5.41) is 3.00. The number of carbonyl (C=O) groups is 1. The smallest absolute Gasteiger partial charge is 0.321 e. The van der Waals surface area contributed by atoms with Crippen molar-refractivity contribution in [1.29, 1.82) is 0 Å². The van der Waals surface area contributed by atoms with Gasteiger partial charge in [0, 0.05) is 55.6 Å². The van der Waals surface area contributed by atoms with Crippen molar-refractivity contribution in [2.45, 2.75) is 13.5 Å². The van der Waals surface area contributed by atoms with Crippen LogP contribution in [-0.2, 0) is 6.54 Å². The molecule has 1 aromatic carbocycles. The Morgan fingerprint density at radius 3 is 2.75 bits per heavy atom. The third kappa shape index (κ3) is 4.18. The van der Waals surface area contributed by atoms with Crippen LogP contribution in [0.1, 0.15) is 5.56 Å². The lowest BCUT2D eigenvalue weighted by atomic mass is 10.2. The Labute approximate surface area is 172 Å². The van der Waals surface area contributed by atoms with E-state index in [2.05, 4.69) is 40.7 Å². The molecule has 2 aromatic heterocycles. The van der Waals surface area contributed by atoms with E-state index in [1.807, 2.05) is 48.5 Å². The first-order valence-electron chi connectivity index (χ1n) is 9.40. The van der Waals surface area contributed by atoms with Gasteiger partial charge in [-0.1, -0.05) is 15.9 Å². The van der Waals surface area contributed by atoms with Gasteiger partial charge in [0.25, 0.3) is 0 Å². The van der Waals surface area contributed by atoms with Crippen LogP contribution in [0.25, 0.3) is 11.2 Å². The molecule has 0 aliphatic carbocycles. The number of rotatable bonds is 4. The molecule has 3 heterocycles. The van der Waals surface area contributed by atoms with E-state index >= 15 is 0 Å². The number of aromatic nitrogens is 3. The number of hydrogen-bond donors (Lipinski definition) is 1. The van der Waals surface area contributed by atoms with E-state index in [-0.39, 0.29) is 6.03 Å². The van der Waals surface area contributed by atoms with Crippen LogP contribution >= 0.6 is 15.9 Å². The standard InChI is InChI=1S/C20H23BrN6O/c1-15-13-16(4-5-17(15)21)24-20(28)26-10-7-25(8-11-26)9-12-27-14-23-18-3-2-6-22-19(18)27/h2-6,13-14H,7-12H2,1H3,(H,24,28). The Kier molecular flexibility index (Phi) is 5.59. The number of urea groups is 1. The summed E-state index contributed by atoms with van der Waals surface area (Å²) >= 11 is 3.48. The highest BCUT2D eigenvalue weighted by atomic mass is 79.9. The van der Waals surface area contributed by atoms with E-state index in [9.17, 15) is 4.79 Å². The molecule has 0 unspecified atom stereocenters. The molecule has 8 heteroatoms. The van der Waals surface area contributed by atoms with Crippen molar-refractivity contribution < 1.29 is 4.79 Å². The third-order valence-electron chi connectivity index (χ3n) is 5.10. The molecule has 1 N–H and O–H groups in total. The van der Waals surface area contributed by atoms with Gasteiger partial charge in [-0.15, -0.1) is 0 Å². The Hall–Kier alpha value is -2.45. The molecule has 7 nitrogen and oxygen atoms in total. The maximum absolute atomic E-state index is 12.5. The molecular weight excluding hydrogens is 420 g/mol. The van der Waals surface area contributed by atoms with Gasteiger partial charge >= 0.3 is 6.03 Å². The topological polar surface area (TPSA) is 66.3 Å². The first-order valence-corrected chi connectivity index (χ1v) is 10.2. The van der Waals surface area contributed by atoms with E-state index in [0.717, 1.165) is 66.2 Å². The van der Waals surface area contributed by atoms with Crippen LogP contribution in [-0.4, -0.2) is 63.1 Å². The van der Waals surface area contributed by atoms with E-state index in [1.54, 1.807) is 6.20 Å². The van der Waals surface area contributed by atoms with Gasteiger partial charge in [-0.3, -0.25) is 4.90 Å². The fourth-order valence-corrected chi connectivity index (χ4v) is 3.66. The molecule has 0 spiro atoms. The number of imidazole rings is 1. The third-order valence-corrected chi connectivity index (χ3v) is 5.99. The average molecular weight is 443 g/mol. The summed E-state index contributed by atoms with van der Waals surface area (Å²) in [6.07, 6.45) is 3.65. The number of aryl methyl sites for hydroxylation is 1. The minimum Gasteiger partial charge on any atom is -0.322 e. The van der Waals surface area contributed by atoms with Crippen molar-refractivity contribution in [2.24, 2.45) is 0 Å². The van der Waals surface area contributed by atoms with Gasteiger partial charge in [-0.2, -0.15) is 0 Å².